The van der Waals surface area contributed by atoms with Crippen molar-refractivity contribution >= 4 is 43.2 Å². The van der Waals surface area contributed by atoms with Crippen LogP contribution in [0.25, 0.3) is 0 Å². The number of hydrogen-bond donors (Lipinski definition) is 0. The molecule has 0 heterocycles. The van der Waals surface area contributed by atoms with Crippen molar-refractivity contribution in [2.75, 3.05) is 0 Å². The van der Waals surface area contributed by atoms with E-state index in [1.54, 1.807) is 0 Å². The van der Waals surface area contributed by atoms with Gasteiger partial charge in [-0.3, -0.25) is 0 Å². The molecule has 0 aliphatic rings. The summed E-state index contributed by atoms with van der Waals surface area (Å²) in [5.41, 5.74) is 0. The molecule has 0 amide bonds. The van der Waals surface area contributed by atoms with Gasteiger partial charge < -0.3 is 0 Å². The minimum absolute atomic E-state index is 0.396. The van der Waals surface area contributed by atoms with E-state index in [-0.39, 0.29) is 0 Å². The highest BCUT2D eigenvalue weighted by Gasteiger charge is 2.18. The van der Waals surface area contributed by atoms with Gasteiger partial charge in [-0.2, -0.15) is 0 Å². The van der Waals surface area contributed by atoms with Crippen LogP contribution in [0, 0.1) is 11.8 Å². The minimum atomic E-state index is 0.396. The van der Waals surface area contributed by atoms with Crippen molar-refractivity contribution in [1.82, 2.24) is 0 Å². The van der Waals surface area contributed by atoms with E-state index >= 15 is 0 Å². The van der Waals surface area contributed by atoms with Crippen LogP contribution in [0.3, 0.4) is 0 Å². The summed E-state index contributed by atoms with van der Waals surface area (Å²) in [6.07, 6.45) is 2.57. The lowest BCUT2D eigenvalue weighted by Gasteiger charge is -2.23. The van der Waals surface area contributed by atoms with Gasteiger partial charge in [0.05, 0.1) is 0 Å². The fraction of sp³-hybridized carbons (Fsp3) is 1.00. The maximum absolute atomic E-state index is 2.31. The van der Waals surface area contributed by atoms with Crippen LogP contribution in [0.2, 0.25) is 0 Å². The molecule has 0 spiro atoms. The van der Waals surface area contributed by atoms with Crippen molar-refractivity contribution in [1.29, 1.82) is 0 Å². The van der Waals surface area contributed by atoms with Crippen LogP contribution in [0.1, 0.15) is 95.9 Å². The maximum Gasteiger partial charge on any atom is 0.0179 e. The molecule has 0 rings (SSSR count). The van der Waals surface area contributed by atoms with Crippen LogP contribution < -0.4 is 0 Å². The van der Waals surface area contributed by atoms with Gasteiger partial charge in [0, 0.05) is 20.0 Å². The van der Waals surface area contributed by atoms with E-state index in [0.29, 0.717) is 9.49 Å². The molecule has 24 heavy (non-hydrogen) atoms. The van der Waals surface area contributed by atoms with Crippen LogP contribution in [0.4, 0.5) is 0 Å². The smallest absolute Gasteiger partial charge is 0.0179 e. The summed E-state index contributed by atoms with van der Waals surface area (Å²) in [5.74, 6) is 1.60. The number of hydrogen-bond acceptors (Lipinski definition) is 4. The average molecular weight is 413 g/mol. The molecule has 0 fully saturated rings. The Labute approximate surface area is 170 Å². The number of rotatable bonds is 8. The Hall–Kier alpha value is 1.40. The summed E-state index contributed by atoms with van der Waals surface area (Å²) >= 11 is 0. The fourth-order valence-corrected chi connectivity index (χ4v) is 7.88. The zero-order chi connectivity index (χ0) is 19.6. The van der Waals surface area contributed by atoms with Crippen molar-refractivity contribution in [3.05, 3.63) is 0 Å². The van der Waals surface area contributed by atoms with E-state index in [1.165, 1.54) is 12.8 Å². The normalized spacial score (nSPS) is 15.2. The van der Waals surface area contributed by atoms with Crippen molar-refractivity contribution in [3.8, 4) is 0 Å². The summed E-state index contributed by atoms with van der Waals surface area (Å²) in [6, 6.07) is 0. The Morgan fingerprint density at radius 3 is 0.958 bits per heavy atom. The lowest BCUT2D eigenvalue weighted by Crippen LogP contribution is -2.12. The first kappa shape index (κ1) is 27.6. The molecule has 4 heteroatoms. The summed E-state index contributed by atoms with van der Waals surface area (Å²) < 4.78 is 0.792. The van der Waals surface area contributed by atoms with Crippen LogP contribution >= 0.6 is 43.2 Å². The Morgan fingerprint density at radius 1 is 0.583 bits per heavy atom. The molecule has 0 nitrogen and oxygen atoms in total. The second kappa shape index (κ2) is 13.6. The Balaban J connectivity index is 0. The van der Waals surface area contributed by atoms with E-state index in [9.17, 15) is 0 Å². The third-order valence-electron chi connectivity index (χ3n) is 3.14. The van der Waals surface area contributed by atoms with Crippen molar-refractivity contribution in [2.24, 2.45) is 11.8 Å². The van der Waals surface area contributed by atoms with Gasteiger partial charge >= 0.3 is 0 Å². The third kappa shape index (κ3) is 18.2. The fourth-order valence-electron chi connectivity index (χ4n) is 1.71. The highest BCUT2D eigenvalue weighted by molar-refractivity contribution is 8.77. The van der Waals surface area contributed by atoms with Crippen LogP contribution in [-0.2, 0) is 0 Å². The molecule has 0 radical (unpaired) electrons. The van der Waals surface area contributed by atoms with Gasteiger partial charge in [0.15, 0.2) is 0 Å². The minimum Gasteiger partial charge on any atom is -0.0899 e. The SMILES string of the molecule is CC[C@@H](SSC(C)(C)C)C(C)C.CC[C@H](SSC(C)(C)C)C(C)C. The molecule has 0 aliphatic heterocycles. The molecule has 0 N–H and O–H groups in total. The molecule has 0 saturated carbocycles. The van der Waals surface area contributed by atoms with E-state index in [2.05, 4.69) is 105 Å². The van der Waals surface area contributed by atoms with Gasteiger partial charge in [0.2, 0.25) is 0 Å². The van der Waals surface area contributed by atoms with Gasteiger partial charge in [0.1, 0.15) is 0 Å². The van der Waals surface area contributed by atoms with Gasteiger partial charge in [0.25, 0.3) is 0 Å². The van der Waals surface area contributed by atoms with E-state index in [0.717, 1.165) is 22.3 Å². The van der Waals surface area contributed by atoms with Gasteiger partial charge in [-0.15, -0.1) is 0 Å². The van der Waals surface area contributed by atoms with Crippen molar-refractivity contribution < 1.29 is 0 Å². The Kier molecular flexibility index (Phi) is 15.6. The average Bonchev–Trinajstić information content (AvgIpc) is 2.37. The zero-order valence-electron chi connectivity index (χ0n) is 18.4. The first-order valence-electron chi connectivity index (χ1n) is 9.42. The second-order valence-electron chi connectivity index (χ2n) is 8.97. The van der Waals surface area contributed by atoms with E-state index in [1.807, 2.05) is 21.6 Å². The van der Waals surface area contributed by atoms with Gasteiger partial charge in [-0.05, 0) is 24.7 Å². The molecule has 0 aromatic carbocycles. The summed E-state index contributed by atoms with van der Waals surface area (Å²) in [6.45, 7) is 27.4. The molecule has 0 aromatic heterocycles. The molecular formula is C20H44S4. The summed E-state index contributed by atoms with van der Waals surface area (Å²) in [7, 11) is 8.13. The summed E-state index contributed by atoms with van der Waals surface area (Å²) in [5, 5.41) is 1.63. The molecule has 0 saturated heterocycles. The molecule has 0 bridgehead atoms. The van der Waals surface area contributed by atoms with Crippen molar-refractivity contribution in [2.45, 2.75) is 116 Å². The van der Waals surface area contributed by atoms with Crippen molar-refractivity contribution in [3.63, 3.8) is 0 Å². The first-order valence-corrected chi connectivity index (χ1v) is 13.8. The van der Waals surface area contributed by atoms with Gasteiger partial charge in [-0.25, -0.2) is 0 Å². The second-order valence-corrected chi connectivity index (χ2v) is 15.5. The molecule has 2 atom stereocenters. The quantitative estimate of drug-likeness (QED) is 0.364. The lowest BCUT2D eigenvalue weighted by molar-refractivity contribution is 0.596. The summed E-state index contributed by atoms with van der Waals surface area (Å²) in [4.78, 5) is 0. The van der Waals surface area contributed by atoms with E-state index < -0.39 is 0 Å². The Morgan fingerprint density at radius 2 is 0.833 bits per heavy atom. The van der Waals surface area contributed by atoms with E-state index in [4.69, 9.17) is 0 Å². The van der Waals surface area contributed by atoms with Gasteiger partial charge in [-0.1, -0.05) is 126 Å². The van der Waals surface area contributed by atoms with Crippen LogP contribution in [0.15, 0.2) is 0 Å². The highest BCUT2D eigenvalue weighted by Crippen LogP contribution is 2.41. The monoisotopic (exact) mass is 412 g/mol. The Bertz CT molecular complexity index is 257. The molecule has 0 aliphatic carbocycles. The van der Waals surface area contributed by atoms with Crippen LogP contribution in [-0.4, -0.2) is 20.0 Å². The molecule has 0 unspecified atom stereocenters. The molecule has 0 aromatic rings. The van der Waals surface area contributed by atoms with Crippen LogP contribution in [0.5, 0.6) is 0 Å². The largest absolute Gasteiger partial charge is 0.0899 e. The molecule has 148 valence electrons. The maximum atomic E-state index is 2.31. The molecular weight excluding hydrogens is 368 g/mol. The highest BCUT2D eigenvalue weighted by atomic mass is 33.1. The lowest BCUT2D eigenvalue weighted by atomic mass is 10.1. The predicted molar refractivity (Wildman–Crippen MR) is 128 cm³/mol. The third-order valence-corrected chi connectivity index (χ3v) is 11.6. The predicted octanol–water partition coefficient (Wildman–Crippen LogP) is 9.20. The standard InChI is InChI=1S/2C10H22S2/c2*1-7-9(8(2)3)11-12-10(4,5)6/h2*8-9H,7H2,1-6H3/t2*9-/m10/s1. The zero-order valence-corrected chi connectivity index (χ0v) is 21.6. The first-order chi connectivity index (χ1) is 10.7. The topological polar surface area (TPSA) is 0 Å².